The molecule has 0 aromatic heterocycles. The van der Waals surface area contributed by atoms with Gasteiger partial charge in [0.1, 0.15) is 0 Å². The third kappa shape index (κ3) is 9.97. The van der Waals surface area contributed by atoms with E-state index in [9.17, 15) is 0 Å². The van der Waals surface area contributed by atoms with Gasteiger partial charge in [0.2, 0.25) is 0 Å². The number of unbranched alkanes of at least 4 members (excludes halogenated alkanes) is 6. The van der Waals surface area contributed by atoms with Crippen LogP contribution in [-0.2, 0) is 0 Å². The van der Waals surface area contributed by atoms with Crippen molar-refractivity contribution in [2.45, 2.75) is 122 Å². The van der Waals surface area contributed by atoms with Crippen LogP contribution in [0, 0.1) is 5.92 Å². The maximum absolute atomic E-state index is 4.25. The summed E-state index contributed by atoms with van der Waals surface area (Å²) in [6, 6.07) is 0. The van der Waals surface area contributed by atoms with E-state index >= 15 is 0 Å². The third-order valence-electron chi connectivity index (χ3n) is 4.94. The lowest BCUT2D eigenvalue weighted by molar-refractivity contribution is 0.282. The zero-order valence-corrected chi connectivity index (χ0v) is 16.9. The minimum Gasteiger partial charge on any atom is -0.0850 e. The molecule has 0 aliphatic heterocycles. The molecule has 0 aliphatic rings. The second kappa shape index (κ2) is 14.1. The molecule has 0 aromatic carbocycles. The standard InChI is InChI=1S/C20H41Br/c1-5-9-13-14-16-19(15-10-6-2)20(21,17-11-7-3)18-12-8-4/h19H,5-18H2,1-4H3. The fourth-order valence-electron chi connectivity index (χ4n) is 3.40. The van der Waals surface area contributed by atoms with E-state index in [-0.39, 0.29) is 0 Å². The van der Waals surface area contributed by atoms with Gasteiger partial charge in [0.15, 0.2) is 0 Å². The molecule has 1 heteroatoms. The van der Waals surface area contributed by atoms with Gasteiger partial charge < -0.3 is 0 Å². The Kier molecular flexibility index (Phi) is 14.4. The molecule has 0 amide bonds. The quantitative estimate of drug-likeness (QED) is 0.203. The van der Waals surface area contributed by atoms with E-state index in [0.29, 0.717) is 4.32 Å². The van der Waals surface area contributed by atoms with Crippen LogP contribution in [0.25, 0.3) is 0 Å². The summed E-state index contributed by atoms with van der Waals surface area (Å²) in [6.45, 7) is 9.30. The second-order valence-corrected chi connectivity index (χ2v) is 8.51. The van der Waals surface area contributed by atoms with Crippen LogP contribution in [0.3, 0.4) is 0 Å². The lowest BCUT2D eigenvalue weighted by Gasteiger charge is -2.37. The summed E-state index contributed by atoms with van der Waals surface area (Å²) < 4.78 is 0.431. The molecule has 0 spiro atoms. The van der Waals surface area contributed by atoms with Gasteiger partial charge in [0.25, 0.3) is 0 Å². The predicted molar refractivity (Wildman–Crippen MR) is 102 cm³/mol. The Hall–Kier alpha value is 0.480. The van der Waals surface area contributed by atoms with Crippen molar-refractivity contribution in [3.63, 3.8) is 0 Å². The Morgan fingerprint density at radius 2 is 1.10 bits per heavy atom. The highest BCUT2D eigenvalue weighted by molar-refractivity contribution is 9.10. The molecule has 0 nitrogen and oxygen atoms in total. The summed E-state index contributed by atoms with van der Waals surface area (Å²) >= 11 is 4.25. The molecule has 1 atom stereocenters. The van der Waals surface area contributed by atoms with Crippen molar-refractivity contribution in [2.75, 3.05) is 0 Å². The van der Waals surface area contributed by atoms with Gasteiger partial charge in [0, 0.05) is 4.32 Å². The van der Waals surface area contributed by atoms with Gasteiger partial charge in [-0.3, -0.25) is 0 Å². The molecule has 0 aliphatic carbocycles. The van der Waals surface area contributed by atoms with Crippen molar-refractivity contribution < 1.29 is 0 Å². The number of hydrogen-bond donors (Lipinski definition) is 0. The highest BCUT2D eigenvalue weighted by Crippen LogP contribution is 2.43. The van der Waals surface area contributed by atoms with Crippen LogP contribution in [0.1, 0.15) is 118 Å². The van der Waals surface area contributed by atoms with Crippen molar-refractivity contribution in [2.24, 2.45) is 5.92 Å². The molecule has 0 saturated carbocycles. The second-order valence-electron chi connectivity index (χ2n) is 6.93. The summed E-state index contributed by atoms with van der Waals surface area (Å²) in [6.07, 6.45) is 19.4. The average Bonchev–Trinajstić information content (AvgIpc) is 2.50. The summed E-state index contributed by atoms with van der Waals surface area (Å²) in [5, 5.41) is 0. The molecule has 0 fully saturated rings. The fraction of sp³-hybridized carbons (Fsp3) is 1.00. The summed E-state index contributed by atoms with van der Waals surface area (Å²) in [5.74, 6) is 0.896. The van der Waals surface area contributed by atoms with Crippen LogP contribution in [-0.4, -0.2) is 4.32 Å². The highest BCUT2D eigenvalue weighted by atomic mass is 79.9. The SMILES string of the molecule is CCCCCCC(CCCC)C(Br)(CCCC)CCCC. The van der Waals surface area contributed by atoms with Crippen LogP contribution in [0.5, 0.6) is 0 Å². The van der Waals surface area contributed by atoms with Crippen LogP contribution < -0.4 is 0 Å². The first-order chi connectivity index (χ1) is 10.1. The molecule has 0 aromatic rings. The van der Waals surface area contributed by atoms with Gasteiger partial charge in [-0.25, -0.2) is 0 Å². The van der Waals surface area contributed by atoms with E-state index in [1.165, 1.54) is 89.9 Å². The van der Waals surface area contributed by atoms with Crippen LogP contribution in [0.15, 0.2) is 0 Å². The predicted octanol–water partition coefficient (Wildman–Crippen LogP) is 8.28. The van der Waals surface area contributed by atoms with E-state index in [4.69, 9.17) is 0 Å². The minimum atomic E-state index is 0.431. The maximum atomic E-state index is 4.25. The van der Waals surface area contributed by atoms with E-state index in [2.05, 4.69) is 43.6 Å². The van der Waals surface area contributed by atoms with Crippen molar-refractivity contribution in [3.8, 4) is 0 Å². The largest absolute Gasteiger partial charge is 0.0850 e. The van der Waals surface area contributed by atoms with Crippen molar-refractivity contribution in [1.29, 1.82) is 0 Å². The van der Waals surface area contributed by atoms with Gasteiger partial charge >= 0.3 is 0 Å². The molecule has 21 heavy (non-hydrogen) atoms. The van der Waals surface area contributed by atoms with E-state index in [1.54, 1.807) is 0 Å². The summed E-state index contributed by atoms with van der Waals surface area (Å²) in [5.41, 5.74) is 0. The smallest absolute Gasteiger partial charge is 0.0286 e. The first-order valence-electron chi connectivity index (χ1n) is 9.83. The molecule has 0 radical (unpaired) electrons. The van der Waals surface area contributed by atoms with Gasteiger partial charge in [-0.1, -0.05) is 108 Å². The Morgan fingerprint density at radius 3 is 1.57 bits per heavy atom. The Morgan fingerprint density at radius 1 is 0.619 bits per heavy atom. The van der Waals surface area contributed by atoms with Crippen LogP contribution in [0.2, 0.25) is 0 Å². The number of hydrogen-bond acceptors (Lipinski definition) is 0. The number of alkyl halides is 1. The van der Waals surface area contributed by atoms with Crippen LogP contribution in [0.4, 0.5) is 0 Å². The lowest BCUT2D eigenvalue weighted by Crippen LogP contribution is -2.32. The molecule has 1 unspecified atom stereocenters. The molecule has 0 rings (SSSR count). The van der Waals surface area contributed by atoms with E-state index < -0.39 is 0 Å². The maximum Gasteiger partial charge on any atom is 0.0286 e. The Balaban J connectivity index is 4.62. The topological polar surface area (TPSA) is 0 Å². The zero-order chi connectivity index (χ0) is 16.0. The lowest BCUT2D eigenvalue weighted by atomic mass is 9.78. The molecular weight excluding hydrogens is 320 g/mol. The monoisotopic (exact) mass is 360 g/mol. The van der Waals surface area contributed by atoms with Gasteiger partial charge in [-0.15, -0.1) is 0 Å². The molecule has 0 bridgehead atoms. The number of rotatable bonds is 15. The Labute approximate surface area is 144 Å². The van der Waals surface area contributed by atoms with Crippen LogP contribution >= 0.6 is 15.9 Å². The van der Waals surface area contributed by atoms with Gasteiger partial charge in [0.05, 0.1) is 0 Å². The molecular formula is C20H41Br. The Bertz CT molecular complexity index is 204. The van der Waals surface area contributed by atoms with Crippen molar-refractivity contribution >= 4 is 15.9 Å². The molecule has 128 valence electrons. The zero-order valence-electron chi connectivity index (χ0n) is 15.4. The van der Waals surface area contributed by atoms with Crippen molar-refractivity contribution in [3.05, 3.63) is 0 Å². The highest BCUT2D eigenvalue weighted by Gasteiger charge is 2.34. The molecule has 0 N–H and O–H groups in total. The van der Waals surface area contributed by atoms with Gasteiger partial charge in [-0.2, -0.15) is 0 Å². The molecule has 0 heterocycles. The molecule has 0 saturated heterocycles. The van der Waals surface area contributed by atoms with E-state index in [0.717, 1.165) is 5.92 Å². The van der Waals surface area contributed by atoms with E-state index in [1.807, 2.05) is 0 Å². The number of halogens is 1. The summed E-state index contributed by atoms with van der Waals surface area (Å²) in [7, 11) is 0. The van der Waals surface area contributed by atoms with Gasteiger partial charge in [-0.05, 0) is 31.6 Å². The summed E-state index contributed by atoms with van der Waals surface area (Å²) in [4.78, 5) is 0. The first-order valence-corrected chi connectivity index (χ1v) is 10.6. The normalized spacial score (nSPS) is 13.6. The third-order valence-corrected chi connectivity index (χ3v) is 6.38. The fourth-order valence-corrected chi connectivity index (χ4v) is 4.42. The van der Waals surface area contributed by atoms with Crippen molar-refractivity contribution in [1.82, 2.24) is 0 Å². The minimum absolute atomic E-state index is 0.431. The first kappa shape index (κ1) is 21.5. The average molecular weight is 361 g/mol.